The van der Waals surface area contributed by atoms with Crippen molar-refractivity contribution >= 4 is 47.3 Å². The molecule has 0 spiro atoms. The highest BCUT2D eigenvalue weighted by Crippen LogP contribution is 2.12. The number of hydrogen-bond donors (Lipinski definition) is 8. The maximum atomic E-state index is 13.2. The van der Waals surface area contributed by atoms with Gasteiger partial charge >= 0.3 is 5.97 Å². The van der Waals surface area contributed by atoms with E-state index >= 15 is 0 Å². The van der Waals surface area contributed by atoms with Gasteiger partial charge in [-0.05, 0) is 42.5 Å². The minimum Gasteiger partial charge on any atom is -0.508 e. The number of primary amides is 2. The van der Waals surface area contributed by atoms with Crippen LogP contribution in [0, 0.1) is 0 Å². The molecular weight excluding hydrogens is 520 g/mol. The SMILES string of the molecule is CSCCC(NC(=O)C(N)CCC(N)=O)C(=O)NC(Cc1ccc(O)cc1)C(=O)NC(CC(N)=O)C(=O)O. The highest BCUT2D eigenvalue weighted by Gasteiger charge is 2.31. The standard InChI is InChI=1S/C23H34N6O8S/c1-38-9-8-15(27-20(33)14(24)6-7-18(25)31)21(34)28-16(10-12-2-4-13(30)5-3-12)22(35)29-17(23(36)37)11-19(26)32/h2-5,14-17,30H,6-11,24H2,1H3,(H2,25,31)(H2,26,32)(H,27,33)(H,28,34)(H,29,35)(H,36,37). The van der Waals surface area contributed by atoms with Gasteiger partial charge in [0.1, 0.15) is 23.9 Å². The molecule has 4 unspecified atom stereocenters. The molecule has 0 saturated heterocycles. The predicted molar refractivity (Wildman–Crippen MR) is 138 cm³/mol. The minimum atomic E-state index is -1.63. The first-order valence-corrected chi connectivity index (χ1v) is 13.0. The van der Waals surface area contributed by atoms with Gasteiger partial charge in [-0.1, -0.05) is 12.1 Å². The maximum Gasteiger partial charge on any atom is 0.326 e. The molecule has 0 aromatic heterocycles. The van der Waals surface area contributed by atoms with E-state index < -0.39 is 66.1 Å². The summed E-state index contributed by atoms with van der Waals surface area (Å²) in [4.78, 5) is 72.4. The molecule has 0 heterocycles. The number of carbonyl (C=O) groups excluding carboxylic acids is 5. The van der Waals surface area contributed by atoms with Gasteiger partial charge in [0.25, 0.3) is 0 Å². The van der Waals surface area contributed by atoms with Crippen molar-refractivity contribution < 1.29 is 39.0 Å². The molecule has 5 amide bonds. The van der Waals surface area contributed by atoms with Gasteiger partial charge in [0.2, 0.25) is 29.5 Å². The highest BCUT2D eigenvalue weighted by atomic mass is 32.2. The molecule has 0 saturated carbocycles. The lowest BCUT2D eigenvalue weighted by atomic mass is 10.0. The van der Waals surface area contributed by atoms with Gasteiger partial charge in [-0.25, -0.2) is 4.79 Å². The Morgan fingerprint density at radius 1 is 0.842 bits per heavy atom. The molecule has 0 radical (unpaired) electrons. The number of nitrogens with one attached hydrogen (secondary N) is 3. The normalized spacial score (nSPS) is 13.8. The third kappa shape index (κ3) is 11.9. The van der Waals surface area contributed by atoms with Gasteiger partial charge < -0.3 is 43.4 Å². The molecule has 1 aromatic rings. The summed E-state index contributed by atoms with van der Waals surface area (Å²) < 4.78 is 0. The van der Waals surface area contributed by atoms with Crippen molar-refractivity contribution in [3.8, 4) is 5.75 Å². The van der Waals surface area contributed by atoms with Crippen LogP contribution in [0.1, 0.15) is 31.2 Å². The van der Waals surface area contributed by atoms with Crippen molar-refractivity contribution in [3.05, 3.63) is 29.8 Å². The molecule has 0 fully saturated rings. The van der Waals surface area contributed by atoms with Gasteiger partial charge in [0, 0.05) is 12.8 Å². The molecular formula is C23H34N6O8S. The zero-order valence-corrected chi connectivity index (χ0v) is 21.7. The zero-order chi connectivity index (χ0) is 28.8. The molecule has 0 aliphatic rings. The second kappa shape index (κ2) is 16.1. The third-order valence-corrected chi connectivity index (χ3v) is 5.96. The number of aromatic hydroxyl groups is 1. The number of rotatable bonds is 17. The monoisotopic (exact) mass is 554 g/mol. The Kier molecular flexibility index (Phi) is 13.6. The maximum absolute atomic E-state index is 13.2. The number of aliphatic carboxylic acids is 1. The molecule has 1 aromatic carbocycles. The summed E-state index contributed by atoms with van der Waals surface area (Å²) in [7, 11) is 0. The van der Waals surface area contributed by atoms with Crippen LogP contribution in [0.3, 0.4) is 0 Å². The Hall–Kier alpha value is -3.85. The Morgan fingerprint density at radius 3 is 1.92 bits per heavy atom. The average molecular weight is 555 g/mol. The third-order valence-electron chi connectivity index (χ3n) is 5.31. The quantitative estimate of drug-likeness (QED) is 0.102. The van der Waals surface area contributed by atoms with Crippen molar-refractivity contribution in [2.75, 3.05) is 12.0 Å². The van der Waals surface area contributed by atoms with E-state index in [2.05, 4.69) is 16.0 Å². The molecule has 15 heteroatoms. The molecule has 38 heavy (non-hydrogen) atoms. The first-order chi connectivity index (χ1) is 17.8. The fourth-order valence-electron chi connectivity index (χ4n) is 3.24. The van der Waals surface area contributed by atoms with E-state index in [0.717, 1.165) is 0 Å². The topological polar surface area (TPSA) is 257 Å². The number of carboxylic acids is 1. The molecule has 4 atom stereocenters. The zero-order valence-electron chi connectivity index (χ0n) is 20.8. The van der Waals surface area contributed by atoms with Crippen LogP contribution in [-0.2, 0) is 35.2 Å². The van der Waals surface area contributed by atoms with Crippen LogP contribution in [0.2, 0.25) is 0 Å². The van der Waals surface area contributed by atoms with E-state index in [9.17, 15) is 39.0 Å². The number of amides is 5. The van der Waals surface area contributed by atoms with Gasteiger partial charge in [-0.15, -0.1) is 0 Å². The highest BCUT2D eigenvalue weighted by molar-refractivity contribution is 7.98. The van der Waals surface area contributed by atoms with Crippen LogP contribution < -0.4 is 33.2 Å². The first kappa shape index (κ1) is 32.2. The lowest BCUT2D eigenvalue weighted by Gasteiger charge is -2.25. The number of hydrogen-bond acceptors (Lipinski definition) is 9. The number of carboxylic acid groups (broad SMARTS) is 1. The summed E-state index contributed by atoms with van der Waals surface area (Å²) in [6.45, 7) is 0. The first-order valence-electron chi connectivity index (χ1n) is 11.6. The number of carbonyl (C=O) groups is 6. The summed E-state index contributed by atoms with van der Waals surface area (Å²) in [5.74, 6) is -5.00. The van der Waals surface area contributed by atoms with E-state index in [1.807, 2.05) is 0 Å². The summed E-state index contributed by atoms with van der Waals surface area (Å²) in [5.41, 5.74) is 16.5. The second-order valence-electron chi connectivity index (χ2n) is 8.46. The van der Waals surface area contributed by atoms with E-state index in [4.69, 9.17) is 17.2 Å². The molecule has 210 valence electrons. The Morgan fingerprint density at radius 2 is 1.39 bits per heavy atom. The fraction of sp³-hybridized carbons (Fsp3) is 0.478. The number of thioether (sulfide) groups is 1. The van der Waals surface area contributed by atoms with Crippen molar-refractivity contribution in [3.63, 3.8) is 0 Å². The van der Waals surface area contributed by atoms with Crippen molar-refractivity contribution in [1.29, 1.82) is 0 Å². The lowest BCUT2D eigenvalue weighted by Crippen LogP contribution is -2.58. The minimum absolute atomic E-state index is 0.0274. The molecule has 1 rings (SSSR count). The number of phenolic OH excluding ortho intramolecular Hbond substituents is 1. The average Bonchev–Trinajstić information content (AvgIpc) is 2.84. The Bertz CT molecular complexity index is 1010. The number of nitrogens with two attached hydrogens (primary N) is 3. The molecule has 0 aliphatic heterocycles. The molecule has 0 aliphatic carbocycles. The van der Waals surface area contributed by atoms with Crippen LogP contribution in [0.4, 0.5) is 0 Å². The summed E-state index contributed by atoms with van der Waals surface area (Å²) in [6, 6.07) is 0.588. The second-order valence-corrected chi connectivity index (χ2v) is 9.44. The molecule has 0 bridgehead atoms. The van der Waals surface area contributed by atoms with Gasteiger partial charge in [0.05, 0.1) is 12.5 Å². The van der Waals surface area contributed by atoms with Gasteiger partial charge in [-0.2, -0.15) is 11.8 Å². The van der Waals surface area contributed by atoms with Crippen LogP contribution >= 0.6 is 11.8 Å². The Labute approximate surface area is 223 Å². The van der Waals surface area contributed by atoms with E-state index in [-0.39, 0.29) is 31.4 Å². The molecule has 11 N–H and O–H groups in total. The van der Waals surface area contributed by atoms with Gasteiger partial charge in [-0.3, -0.25) is 24.0 Å². The number of benzene rings is 1. The summed E-state index contributed by atoms with van der Waals surface area (Å²) in [5, 5.41) is 26.1. The van der Waals surface area contributed by atoms with Crippen LogP contribution in [-0.4, -0.2) is 81.9 Å². The van der Waals surface area contributed by atoms with Crippen molar-refractivity contribution in [1.82, 2.24) is 16.0 Å². The largest absolute Gasteiger partial charge is 0.508 e. The molecule has 14 nitrogen and oxygen atoms in total. The van der Waals surface area contributed by atoms with E-state index in [1.165, 1.54) is 36.0 Å². The van der Waals surface area contributed by atoms with Crippen LogP contribution in [0.25, 0.3) is 0 Å². The summed E-state index contributed by atoms with van der Waals surface area (Å²) >= 11 is 1.41. The lowest BCUT2D eigenvalue weighted by molar-refractivity contribution is -0.143. The van der Waals surface area contributed by atoms with Crippen LogP contribution in [0.15, 0.2) is 24.3 Å². The van der Waals surface area contributed by atoms with Crippen molar-refractivity contribution in [2.45, 2.75) is 56.3 Å². The van der Waals surface area contributed by atoms with E-state index in [1.54, 1.807) is 6.26 Å². The van der Waals surface area contributed by atoms with Gasteiger partial charge in [0.15, 0.2) is 0 Å². The Balaban J connectivity index is 3.13. The van der Waals surface area contributed by atoms with E-state index in [0.29, 0.717) is 11.3 Å². The fourth-order valence-corrected chi connectivity index (χ4v) is 3.71. The smallest absolute Gasteiger partial charge is 0.326 e. The predicted octanol–water partition coefficient (Wildman–Crippen LogP) is -2.30. The summed E-state index contributed by atoms with van der Waals surface area (Å²) in [6.07, 6.45) is 1.04. The van der Waals surface area contributed by atoms with Crippen LogP contribution in [0.5, 0.6) is 5.75 Å². The van der Waals surface area contributed by atoms with Crippen molar-refractivity contribution in [2.24, 2.45) is 17.2 Å². The number of phenols is 1.